The molecule has 0 saturated carbocycles. The van der Waals surface area contributed by atoms with Crippen molar-refractivity contribution >= 4 is 5.97 Å². The first-order chi connectivity index (χ1) is 7.65. The van der Waals surface area contributed by atoms with Gasteiger partial charge in [0.2, 0.25) is 0 Å². The molecule has 16 heavy (non-hydrogen) atoms. The van der Waals surface area contributed by atoms with Gasteiger partial charge in [0.25, 0.3) is 0 Å². The van der Waals surface area contributed by atoms with Crippen molar-refractivity contribution in [3.05, 3.63) is 17.0 Å². The van der Waals surface area contributed by atoms with Gasteiger partial charge in [-0.1, -0.05) is 0 Å². The summed E-state index contributed by atoms with van der Waals surface area (Å²) in [5, 5.41) is 4.20. The van der Waals surface area contributed by atoms with E-state index in [2.05, 4.69) is 5.10 Å². The van der Waals surface area contributed by atoms with Gasteiger partial charge >= 0.3 is 5.97 Å². The van der Waals surface area contributed by atoms with Crippen LogP contribution in [0.1, 0.15) is 21.7 Å². The highest BCUT2D eigenvalue weighted by molar-refractivity contribution is 5.89. The highest BCUT2D eigenvalue weighted by Gasteiger charge is 2.21. The summed E-state index contributed by atoms with van der Waals surface area (Å²) in [7, 11) is 4.43. The zero-order chi connectivity index (χ0) is 12.1. The zero-order valence-electron chi connectivity index (χ0n) is 9.94. The molecule has 0 N–H and O–H groups in total. The molecule has 0 unspecified atom stereocenters. The number of rotatable bonds is 5. The molecule has 0 atom stereocenters. The van der Waals surface area contributed by atoms with E-state index in [1.807, 2.05) is 6.92 Å². The Kier molecular flexibility index (Phi) is 4.45. The fourth-order valence-corrected chi connectivity index (χ4v) is 1.48. The third-order valence-corrected chi connectivity index (χ3v) is 2.17. The monoisotopic (exact) mass is 228 g/mol. The highest BCUT2D eigenvalue weighted by Crippen LogP contribution is 2.16. The lowest BCUT2D eigenvalue weighted by Crippen LogP contribution is -2.14. The van der Waals surface area contributed by atoms with Gasteiger partial charge in [0.05, 0.1) is 19.4 Å². The van der Waals surface area contributed by atoms with Gasteiger partial charge in [0.15, 0.2) is 5.69 Å². The third-order valence-electron chi connectivity index (χ3n) is 2.17. The summed E-state index contributed by atoms with van der Waals surface area (Å²) >= 11 is 0. The van der Waals surface area contributed by atoms with Crippen LogP contribution in [0.3, 0.4) is 0 Å². The normalized spacial score (nSPS) is 10.5. The molecule has 1 aromatic heterocycles. The van der Waals surface area contributed by atoms with E-state index in [1.54, 1.807) is 7.11 Å². The van der Waals surface area contributed by atoms with Gasteiger partial charge < -0.3 is 14.2 Å². The van der Waals surface area contributed by atoms with E-state index < -0.39 is 5.97 Å². The summed E-state index contributed by atoms with van der Waals surface area (Å²) in [5.41, 5.74) is 1.84. The van der Waals surface area contributed by atoms with E-state index in [1.165, 1.54) is 18.9 Å². The number of ether oxygens (including phenoxy) is 3. The molecular formula is C10H16N2O4. The van der Waals surface area contributed by atoms with Gasteiger partial charge in [-0.2, -0.15) is 5.10 Å². The minimum Gasteiger partial charge on any atom is -0.464 e. The van der Waals surface area contributed by atoms with Crippen LogP contribution in [-0.4, -0.2) is 37.1 Å². The quantitative estimate of drug-likeness (QED) is 0.695. The van der Waals surface area contributed by atoms with Gasteiger partial charge in [-0.3, -0.25) is 0 Å². The maximum atomic E-state index is 11.6. The highest BCUT2D eigenvalue weighted by atomic mass is 16.5. The van der Waals surface area contributed by atoms with Crippen molar-refractivity contribution in [1.82, 2.24) is 9.78 Å². The summed E-state index contributed by atoms with van der Waals surface area (Å²) in [6, 6.07) is 0. The number of aryl methyl sites for hydroxylation is 1. The van der Waals surface area contributed by atoms with Crippen molar-refractivity contribution < 1.29 is 19.0 Å². The van der Waals surface area contributed by atoms with Crippen LogP contribution in [0.15, 0.2) is 0 Å². The summed E-state index contributed by atoms with van der Waals surface area (Å²) in [4.78, 5) is 11.6. The molecular weight excluding hydrogens is 212 g/mol. The van der Waals surface area contributed by atoms with E-state index in [-0.39, 0.29) is 6.73 Å². The number of esters is 1. The van der Waals surface area contributed by atoms with Crippen LogP contribution in [0.25, 0.3) is 0 Å². The number of nitrogens with zero attached hydrogens (tertiary/aromatic N) is 2. The summed E-state index contributed by atoms with van der Waals surface area (Å²) in [6.45, 7) is 2.34. The zero-order valence-corrected chi connectivity index (χ0v) is 9.94. The van der Waals surface area contributed by atoms with Crippen LogP contribution in [0.4, 0.5) is 0 Å². The third kappa shape index (κ3) is 2.40. The molecule has 0 aromatic carbocycles. The molecule has 6 heteroatoms. The number of carbonyl (C=O) groups is 1. The minimum atomic E-state index is -0.440. The molecule has 0 radical (unpaired) electrons. The fraction of sp³-hybridized carbons (Fsp3) is 0.600. The molecule has 0 aliphatic rings. The van der Waals surface area contributed by atoms with Gasteiger partial charge in [0, 0.05) is 19.8 Å². The molecule has 1 heterocycles. The molecule has 0 aliphatic heterocycles. The van der Waals surface area contributed by atoms with Gasteiger partial charge in [-0.15, -0.1) is 0 Å². The topological polar surface area (TPSA) is 62.6 Å². The molecule has 1 aromatic rings. The van der Waals surface area contributed by atoms with Crippen molar-refractivity contribution in [3.8, 4) is 0 Å². The van der Waals surface area contributed by atoms with Gasteiger partial charge in [0.1, 0.15) is 6.73 Å². The lowest BCUT2D eigenvalue weighted by Gasteiger charge is -2.06. The van der Waals surface area contributed by atoms with Crippen LogP contribution in [0.5, 0.6) is 0 Å². The summed E-state index contributed by atoms with van der Waals surface area (Å²) in [5.74, 6) is -0.440. The van der Waals surface area contributed by atoms with Crippen molar-refractivity contribution in [2.24, 2.45) is 0 Å². The van der Waals surface area contributed by atoms with E-state index in [4.69, 9.17) is 14.2 Å². The first kappa shape index (κ1) is 12.7. The number of carbonyl (C=O) groups excluding carboxylic acids is 1. The summed E-state index contributed by atoms with van der Waals surface area (Å²) in [6.07, 6.45) is 0. The van der Waals surface area contributed by atoms with Crippen LogP contribution >= 0.6 is 0 Å². The van der Waals surface area contributed by atoms with Crippen molar-refractivity contribution in [3.63, 3.8) is 0 Å². The SMILES string of the molecule is COCc1c(C)nn(COC)c1C(=O)OC. The Hall–Kier alpha value is -1.40. The van der Waals surface area contributed by atoms with Crippen molar-refractivity contribution in [2.45, 2.75) is 20.3 Å². The number of hydrogen-bond acceptors (Lipinski definition) is 5. The number of hydrogen-bond donors (Lipinski definition) is 0. The first-order valence-corrected chi connectivity index (χ1v) is 4.78. The van der Waals surface area contributed by atoms with Crippen LogP contribution in [0.2, 0.25) is 0 Å². The fourth-order valence-electron chi connectivity index (χ4n) is 1.48. The molecule has 0 spiro atoms. The molecule has 0 bridgehead atoms. The molecule has 0 fully saturated rings. The largest absolute Gasteiger partial charge is 0.464 e. The average Bonchev–Trinajstić information content (AvgIpc) is 2.56. The average molecular weight is 228 g/mol. The van der Waals surface area contributed by atoms with Crippen molar-refractivity contribution in [1.29, 1.82) is 0 Å². The number of methoxy groups -OCH3 is 3. The molecule has 0 amide bonds. The van der Waals surface area contributed by atoms with E-state index in [0.717, 1.165) is 11.3 Å². The summed E-state index contributed by atoms with van der Waals surface area (Å²) < 4.78 is 16.2. The Morgan fingerprint density at radius 1 is 1.31 bits per heavy atom. The second kappa shape index (κ2) is 5.62. The maximum absolute atomic E-state index is 11.6. The van der Waals surface area contributed by atoms with E-state index in [9.17, 15) is 4.79 Å². The molecule has 0 aliphatic carbocycles. The van der Waals surface area contributed by atoms with E-state index >= 15 is 0 Å². The van der Waals surface area contributed by atoms with Crippen LogP contribution < -0.4 is 0 Å². The lowest BCUT2D eigenvalue weighted by molar-refractivity contribution is 0.0552. The number of aromatic nitrogens is 2. The predicted molar refractivity (Wildman–Crippen MR) is 56.0 cm³/mol. The smallest absolute Gasteiger partial charge is 0.356 e. The Morgan fingerprint density at radius 3 is 2.50 bits per heavy atom. The first-order valence-electron chi connectivity index (χ1n) is 4.78. The Balaban J connectivity index is 3.19. The second-order valence-corrected chi connectivity index (χ2v) is 3.25. The second-order valence-electron chi connectivity index (χ2n) is 3.25. The Labute approximate surface area is 94.1 Å². The standard InChI is InChI=1S/C10H16N2O4/c1-7-8(5-14-2)9(10(13)16-4)12(11-7)6-15-3/h5-6H2,1-4H3. The minimum absolute atomic E-state index is 0.203. The molecule has 6 nitrogen and oxygen atoms in total. The molecule has 90 valence electrons. The molecule has 1 rings (SSSR count). The molecule has 0 saturated heterocycles. The lowest BCUT2D eigenvalue weighted by atomic mass is 10.2. The predicted octanol–water partition coefficient (Wildman–Crippen LogP) is 0.728. The van der Waals surface area contributed by atoms with Crippen LogP contribution in [0, 0.1) is 6.92 Å². The van der Waals surface area contributed by atoms with E-state index in [0.29, 0.717) is 12.3 Å². The van der Waals surface area contributed by atoms with Crippen LogP contribution in [-0.2, 0) is 27.5 Å². The maximum Gasteiger partial charge on any atom is 0.356 e. The Morgan fingerprint density at radius 2 is 2.00 bits per heavy atom. The van der Waals surface area contributed by atoms with Gasteiger partial charge in [-0.25, -0.2) is 9.48 Å². The van der Waals surface area contributed by atoms with Gasteiger partial charge in [-0.05, 0) is 6.92 Å². The Bertz CT molecular complexity index is 373. The van der Waals surface area contributed by atoms with Crippen molar-refractivity contribution in [2.75, 3.05) is 21.3 Å².